The Kier molecular flexibility index (Phi) is 5.07. The third kappa shape index (κ3) is 3.01. The van der Waals surface area contributed by atoms with Gasteiger partial charge < -0.3 is 4.74 Å². The Morgan fingerprint density at radius 3 is 2.65 bits per heavy atom. The van der Waals surface area contributed by atoms with Crippen LogP contribution in [-0.4, -0.2) is 44.1 Å². The molecular formula is C14H25NO4S. The number of rotatable bonds is 4. The van der Waals surface area contributed by atoms with Crippen LogP contribution in [0.3, 0.4) is 0 Å². The summed E-state index contributed by atoms with van der Waals surface area (Å²) in [5.41, 5.74) is 0. The van der Waals surface area contributed by atoms with Crippen LogP contribution in [0.5, 0.6) is 0 Å². The maximum Gasteiger partial charge on any atom is 0.310 e. The molecule has 3 unspecified atom stereocenters. The fourth-order valence-corrected chi connectivity index (χ4v) is 5.80. The molecule has 0 N–H and O–H groups in total. The SMILES string of the molecule is CCC1CCCN(S(=O)(=O)C2CCCC2C(=O)OC)C1. The van der Waals surface area contributed by atoms with Crippen molar-refractivity contribution in [2.24, 2.45) is 11.8 Å². The highest BCUT2D eigenvalue weighted by Gasteiger charge is 2.45. The van der Waals surface area contributed by atoms with Gasteiger partial charge in [-0.1, -0.05) is 19.8 Å². The fourth-order valence-electron chi connectivity index (χ4n) is 3.49. The topological polar surface area (TPSA) is 63.7 Å². The molecule has 2 aliphatic rings. The van der Waals surface area contributed by atoms with Crippen LogP contribution < -0.4 is 0 Å². The number of hydrogen-bond acceptors (Lipinski definition) is 4. The minimum Gasteiger partial charge on any atom is -0.469 e. The molecule has 0 aromatic rings. The van der Waals surface area contributed by atoms with Crippen LogP contribution in [0.4, 0.5) is 0 Å². The molecule has 0 bridgehead atoms. The third-order valence-electron chi connectivity index (χ3n) is 4.76. The van der Waals surface area contributed by atoms with Gasteiger partial charge in [0, 0.05) is 13.1 Å². The summed E-state index contributed by atoms with van der Waals surface area (Å²) in [5.74, 6) is -0.399. The second-order valence-corrected chi connectivity index (χ2v) is 8.07. The fraction of sp³-hybridized carbons (Fsp3) is 0.929. The van der Waals surface area contributed by atoms with Crippen LogP contribution in [-0.2, 0) is 19.6 Å². The average Bonchev–Trinajstić information content (AvgIpc) is 2.96. The number of sulfonamides is 1. The van der Waals surface area contributed by atoms with Crippen molar-refractivity contribution in [3.05, 3.63) is 0 Å². The summed E-state index contributed by atoms with van der Waals surface area (Å²) < 4.78 is 32.0. The summed E-state index contributed by atoms with van der Waals surface area (Å²) >= 11 is 0. The Labute approximate surface area is 121 Å². The van der Waals surface area contributed by atoms with E-state index in [1.165, 1.54) is 7.11 Å². The first-order valence-corrected chi connectivity index (χ1v) is 9.07. The van der Waals surface area contributed by atoms with E-state index in [0.717, 1.165) is 25.7 Å². The second-order valence-electron chi connectivity index (χ2n) is 5.92. The Hall–Kier alpha value is -0.620. The van der Waals surface area contributed by atoms with E-state index in [1.54, 1.807) is 4.31 Å². The van der Waals surface area contributed by atoms with E-state index in [4.69, 9.17) is 4.74 Å². The molecule has 0 radical (unpaired) electrons. The molecule has 3 atom stereocenters. The second kappa shape index (κ2) is 6.43. The number of piperidine rings is 1. The predicted octanol–water partition coefficient (Wildman–Crippen LogP) is 1.78. The van der Waals surface area contributed by atoms with E-state index in [2.05, 4.69) is 6.92 Å². The maximum absolute atomic E-state index is 12.8. The van der Waals surface area contributed by atoms with Crippen LogP contribution in [0.25, 0.3) is 0 Å². The molecule has 0 aromatic carbocycles. The first kappa shape index (κ1) is 15.8. The predicted molar refractivity (Wildman–Crippen MR) is 76.7 cm³/mol. The summed E-state index contributed by atoms with van der Waals surface area (Å²) in [6.45, 7) is 3.32. The van der Waals surface area contributed by atoms with Crippen molar-refractivity contribution < 1.29 is 17.9 Å². The monoisotopic (exact) mass is 303 g/mol. The zero-order chi connectivity index (χ0) is 14.8. The van der Waals surface area contributed by atoms with Gasteiger partial charge in [0.15, 0.2) is 0 Å². The molecule has 0 spiro atoms. The van der Waals surface area contributed by atoms with Crippen molar-refractivity contribution in [3.8, 4) is 0 Å². The lowest BCUT2D eigenvalue weighted by atomic mass is 9.97. The van der Waals surface area contributed by atoms with E-state index in [9.17, 15) is 13.2 Å². The zero-order valence-electron chi connectivity index (χ0n) is 12.4. The number of carbonyl (C=O) groups is 1. The van der Waals surface area contributed by atoms with Crippen molar-refractivity contribution in [1.82, 2.24) is 4.31 Å². The lowest BCUT2D eigenvalue weighted by Gasteiger charge is -2.34. The van der Waals surface area contributed by atoms with E-state index >= 15 is 0 Å². The van der Waals surface area contributed by atoms with E-state index in [0.29, 0.717) is 31.8 Å². The average molecular weight is 303 g/mol. The Bertz CT molecular complexity index is 448. The molecule has 1 saturated heterocycles. The van der Waals surface area contributed by atoms with Gasteiger partial charge in [0.05, 0.1) is 18.3 Å². The van der Waals surface area contributed by atoms with Gasteiger partial charge in [-0.05, 0) is 31.6 Å². The molecule has 116 valence electrons. The van der Waals surface area contributed by atoms with Crippen molar-refractivity contribution in [3.63, 3.8) is 0 Å². The van der Waals surface area contributed by atoms with Crippen molar-refractivity contribution in [2.45, 2.75) is 50.7 Å². The molecule has 1 aliphatic carbocycles. The lowest BCUT2D eigenvalue weighted by molar-refractivity contribution is -0.145. The van der Waals surface area contributed by atoms with Crippen LogP contribution >= 0.6 is 0 Å². The molecule has 1 saturated carbocycles. The van der Waals surface area contributed by atoms with Gasteiger partial charge in [-0.15, -0.1) is 0 Å². The maximum atomic E-state index is 12.8. The molecule has 2 fully saturated rings. The summed E-state index contributed by atoms with van der Waals surface area (Å²) in [4.78, 5) is 11.8. The standard InChI is InChI=1S/C14H25NO4S/c1-3-11-6-5-9-15(10-11)20(17,18)13-8-4-7-12(13)14(16)19-2/h11-13H,3-10H2,1-2H3. The lowest BCUT2D eigenvalue weighted by Crippen LogP contribution is -2.46. The minimum absolute atomic E-state index is 0.375. The quantitative estimate of drug-likeness (QED) is 0.743. The van der Waals surface area contributed by atoms with Crippen LogP contribution in [0.2, 0.25) is 0 Å². The van der Waals surface area contributed by atoms with Crippen LogP contribution in [0.1, 0.15) is 45.4 Å². The van der Waals surface area contributed by atoms with Gasteiger partial charge in [-0.2, -0.15) is 0 Å². The first-order valence-electron chi connectivity index (χ1n) is 7.57. The molecule has 6 heteroatoms. The van der Waals surface area contributed by atoms with Gasteiger partial charge in [-0.25, -0.2) is 12.7 Å². The Balaban J connectivity index is 2.14. The zero-order valence-corrected chi connectivity index (χ0v) is 13.2. The van der Waals surface area contributed by atoms with Gasteiger partial charge in [-0.3, -0.25) is 4.79 Å². The normalized spacial score (nSPS) is 32.2. The summed E-state index contributed by atoms with van der Waals surface area (Å²) in [6.07, 6.45) is 5.03. The molecule has 20 heavy (non-hydrogen) atoms. The number of carbonyl (C=O) groups excluding carboxylic acids is 1. The molecule has 5 nitrogen and oxygen atoms in total. The number of nitrogens with zero attached hydrogens (tertiary/aromatic N) is 1. The van der Waals surface area contributed by atoms with Crippen molar-refractivity contribution in [2.75, 3.05) is 20.2 Å². The Morgan fingerprint density at radius 1 is 1.25 bits per heavy atom. The summed E-state index contributed by atoms with van der Waals surface area (Å²) in [5, 5.41) is -0.578. The number of ether oxygens (including phenoxy) is 1. The number of methoxy groups -OCH3 is 1. The van der Waals surface area contributed by atoms with Crippen LogP contribution in [0.15, 0.2) is 0 Å². The summed E-state index contributed by atoms with van der Waals surface area (Å²) in [6, 6.07) is 0. The molecule has 1 aliphatic heterocycles. The van der Waals surface area contributed by atoms with E-state index in [-0.39, 0.29) is 5.97 Å². The minimum atomic E-state index is -3.38. The highest BCUT2D eigenvalue weighted by molar-refractivity contribution is 7.89. The molecular weight excluding hydrogens is 278 g/mol. The smallest absolute Gasteiger partial charge is 0.310 e. The highest BCUT2D eigenvalue weighted by Crippen LogP contribution is 2.35. The van der Waals surface area contributed by atoms with E-state index < -0.39 is 21.2 Å². The van der Waals surface area contributed by atoms with Gasteiger partial charge in [0.25, 0.3) is 0 Å². The van der Waals surface area contributed by atoms with Crippen LogP contribution in [0, 0.1) is 11.8 Å². The molecule has 0 aromatic heterocycles. The first-order chi connectivity index (χ1) is 9.50. The Morgan fingerprint density at radius 2 is 2.00 bits per heavy atom. The molecule has 1 heterocycles. The van der Waals surface area contributed by atoms with Gasteiger partial charge in [0.2, 0.25) is 10.0 Å². The highest BCUT2D eigenvalue weighted by atomic mass is 32.2. The van der Waals surface area contributed by atoms with Gasteiger partial charge >= 0.3 is 5.97 Å². The van der Waals surface area contributed by atoms with Crippen molar-refractivity contribution in [1.29, 1.82) is 0 Å². The number of hydrogen-bond donors (Lipinski definition) is 0. The number of esters is 1. The van der Waals surface area contributed by atoms with Gasteiger partial charge in [0.1, 0.15) is 0 Å². The van der Waals surface area contributed by atoms with Crippen molar-refractivity contribution >= 4 is 16.0 Å². The molecule has 2 rings (SSSR count). The van der Waals surface area contributed by atoms with E-state index in [1.807, 2.05) is 0 Å². The summed E-state index contributed by atoms with van der Waals surface area (Å²) in [7, 11) is -2.04. The third-order valence-corrected chi connectivity index (χ3v) is 7.14. The largest absolute Gasteiger partial charge is 0.469 e. The molecule has 0 amide bonds.